The Kier molecular flexibility index (Phi) is 3.43. The summed E-state index contributed by atoms with van der Waals surface area (Å²) in [4.78, 5) is 14.3. The van der Waals surface area contributed by atoms with Gasteiger partial charge in [0.05, 0.1) is 7.05 Å². The Balaban J connectivity index is 2.07. The molecule has 1 heterocycles. The van der Waals surface area contributed by atoms with Gasteiger partial charge in [-0.3, -0.25) is 0 Å². The molecule has 0 fully saturated rings. The average molecular weight is 249 g/mol. The highest BCUT2D eigenvalue weighted by Crippen LogP contribution is 2.24. The van der Waals surface area contributed by atoms with E-state index in [1.165, 1.54) is 28.1 Å². The van der Waals surface area contributed by atoms with Crippen LogP contribution in [0.25, 0.3) is 0 Å². The molecule has 0 N–H and O–H groups in total. The highest BCUT2D eigenvalue weighted by atomic mass is 32.2. The minimum atomic E-state index is -0.431. The number of rotatable bonds is 4. The van der Waals surface area contributed by atoms with E-state index in [1.807, 2.05) is 30.3 Å². The minimum absolute atomic E-state index is 0.0144. The van der Waals surface area contributed by atoms with E-state index < -0.39 is 4.92 Å². The van der Waals surface area contributed by atoms with Crippen molar-refractivity contribution in [2.24, 2.45) is 7.05 Å². The third-order valence-corrected chi connectivity index (χ3v) is 3.43. The maximum Gasteiger partial charge on any atom is 0.343 e. The third kappa shape index (κ3) is 2.65. The Morgan fingerprint density at radius 1 is 1.41 bits per heavy atom. The van der Waals surface area contributed by atoms with E-state index in [4.69, 9.17) is 0 Å². The average Bonchev–Trinajstić information content (AvgIpc) is 2.69. The van der Waals surface area contributed by atoms with E-state index in [1.54, 1.807) is 7.05 Å². The summed E-state index contributed by atoms with van der Waals surface area (Å²) in [6, 6.07) is 9.93. The van der Waals surface area contributed by atoms with Crippen LogP contribution in [0.5, 0.6) is 0 Å². The molecule has 0 aliphatic carbocycles. The topological polar surface area (TPSA) is 61.0 Å². The van der Waals surface area contributed by atoms with Crippen LogP contribution in [0.4, 0.5) is 5.82 Å². The number of aromatic nitrogens is 2. The molecule has 0 atom stereocenters. The van der Waals surface area contributed by atoms with Crippen LogP contribution in [0.1, 0.15) is 5.56 Å². The van der Waals surface area contributed by atoms with E-state index in [0.717, 1.165) is 5.75 Å². The zero-order valence-corrected chi connectivity index (χ0v) is 10.1. The van der Waals surface area contributed by atoms with E-state index in [2.05, 4.69) is 4.98 Å². The van der Waals surface area contributed by atoms with Crippen LogP contribution < -0.4 is 0 Å². The summed E-state index contributed by atoms with van der Waals surface area (Å²) in [6.45, 7) is 0. The number of hydrogen-bond acceptors (Lipinski definition) is 4. The molecule has 0 aliphatic heterocycles. The van der Waals surface area contributed by atoms with E-state index in [0.29, 0.717) is 5.16 Å². The van der Waals surface area contributed by atoms with Crippen molar-refractivity contribution < 1.29 is 4.92 Å². The first kappa shape index (κ1) is 11.7. The van der Waals surface area contributed by atoms with Crippen molar-refractivity contribution >= 4 is 17.6 Å². The van der Waals surface area contributed by atoms with Gasteiger partial charge in [-0.15, -0.1) is 0 Å². The molecule has 0 aliphatic rings. The van der Waals surface area contributed by atoms with Crippen molar-refractivity contribution in [1.82, 2.24) is 9.55 Å². The number of imidazole rings is 1. The van der Waals surface area contributed by atoms with Gasteiger partial charge in [0.15, 0.2) is 0 Å². The molecule has 2 aromatic rings. The zero-order valence-electron chi connectivity index (χ0n) is 9.24. The first-order valence-corrected chi connectivity index (χ1v) is 6.00. The molecule has 2 rings (SSSR count). The molecule has 0 radical (unpaired) electrons. The molecular weight excluding hydrogens is 238 g/mol. The van der Waals surface area contributed by atoms with Crippen molar-refractivity contribution in [3.63, 3.8) is 0 Å². The lowest BCUT2D eigenvalue weighted by Crippen LogP contribution is -1.98. The molecule has 0 saturated carbocycles. The van der Waals surface area contributed by atoms with E-state index >= 15 is 0 Å². The Bertz CT molecular complexity index is 525. The van der Waals surface area contributed by atoms with Crippen LogP contribution in [-0.2, 0) is 12.8 Å². The van der Waals surface area contributed by atoms with Crippen molar-refractivity contribution in [2.75, 3.05) is 0 Å². The lowest BCUT2D eigenvalue weighted by atomic mass is 10.2. The van der Waals surface area contributed by atoms with Crippen molar-refractivity contribution in [2.45, 2.75) is 10.9 Å². The molecule has 88 valence electrons. The van der Waals surface area contributed by atoms with Crippen LogP contribution in [0.3, 0.4) is 0 Å². The highest BCUT2D eigenvalue weighted by Gasteiger charge is 2.16. The maximum atomic E-state index is 10.6. The molecule has 0 amide bonds. The van der Waals surface area contributed by atoms with Gasteiger partial charge in [0.1, 0.15) is 6.20 Å². The second-order valence-corrected chi connectivity index (χ2v) is 4.43. The van der Waals surface area contributed by atoms with Gasteiger partial charge in [0.25, 0.3) is 5.16 Å². The summed E-state index contributed by atoms with van der Waals surface area (Å²) in [7, 11) is 1.65. The van der Waals surface area contributed by atoms with Gasteiger partial charge in [-0.1, -0.05) is 42.1 Å². The van der Waals surface area contributed by atoms with Crippen molar-refractivity contribution in [3.05, 3.63) is 52.2 Å². The molecule has 0 saturated heterocycles. The summed E-state index contributed by atoms with van der Waals surface area (Å²) in [5.74, 6) is 0.767. The predicted molar refractivity (Wildman–Crippen MR) is 65.9 cm³/mol. The molecule has 0 bridgehead atoms. The van der Waals surface area contributed by atoms with Gasteiger partial charge in [-0.05, 0) is 10.5 Å². The molecule has 17 heavy (non-hydrogen) atoms. The van der Waals surface area contributed by atoms with Crippen LogP contribution in [-0.4, -0.2) is 14.5 Å². The molecule has 5 nitrogen and oxygen atoms in total. The maximum absolute atomic E-state index is 10.6. The predicted octanol–water partition coefficient (Wildman–Crippen LogP) is 2.62. The van der Waals surface area contributed by atoms with E-state index in [-0.39, 0.29) is 5.82 Å². The molecule has 1 aromatic carbocycles. The first-order chi connectivity index (χ1) is 8.18. The number of hydrogen-bond donors (Lipinski definition) is 0. The molecule has 0 unspecified atom stereocenters. The standard InChI is InChI=1S/C11H11N3O2S/c1-13-10(14(15)16)7-12-11(13)17-8-9-5-3-2-4-6-9/h2-7H,8H2,1H3. The van der Waals surface area contributed by atoms with E-state index in [9.17, 15) is 10.1 Å². The number of nitro groups is 1. The quantitative estimate of drug-likeness (QED) is 0.474. The van der Waals surface area contributed by atoms with Crippen LogP contribution in [0, 0.1) is 10.1 Å². The Morgan fingerprint density at radius 3 is 2.71 bits per heavy atom. The lowest BCUT2D eigenvalue weighted by Gasteiger charge is -1.99. The van der Waals surface area contributed by atoms with Gasteiger partial charge in [-0.2, -0.15) is 0 Å². The van der Waals surface area contributed by atoms with Crippen LogP contribution >= 0.6 is 11.8 Å². The van der Waals surface area contributed by atoms with Gasteiger partial charge >= 0.3 is 5.82 Å². The fourth-order valence-corrected chi connectivity index (χ4v) is 2.31. The number of nitrogens with zero attached hydrogens (tertiary/aromatic N) is 3. The summed E-state index contributed by atoms with van der Waals surface area (Å²) < 4.78 is 1.49. The largest absolute Gasteiger partial charge is 0.358 e. The van der Waals surface area contributed by atoms with Crippen LogP contribution in [0.2, 0.25) is 0 Å². The smallest absolute Gasteiger partial charge is 0.343 e. The molecule has 1 aromatic heterocycles. The van der Waals surface area contributed by atoms with Crippen LogP contribution in [0.15, 0.2) is 41.7 Å². The summed E-state index contributed by atoms with van der Waals surface area (Å²) in [5, 5.41) is 11.3. The third-order valence-electron chi connectivity index (χ3n) is 2.32. The highest BCUT2D eigenvalue weighted by molar-refractivity contribution is 7.98. The summed E-state index contributed by atoms with van der Waals surface area (Å²) in [5.41, 5.74) is 1.17. The SMILES string of the molecule is Cn1c([N+](=O)[O-])cnc1SCc1ccccc1. The zero-order chi connectivity index (χ0) is 12.3. The molecule has 0 spiro atoms. The van der Waals surface area contributed by atoms with Gasteiger partial charge in [0.2, 0.25) is 0 Å². The van der Waals surface area contributed by atoms with Crippen molar-refractivity contribution in [1.29, 1.82) is 0 Å². The normalized spacial score (nSPS) is 10.4. The number of benzene rings is 1. The Hall–Kier alpha value is -1.82. The lowest BCUT2D eigenvalue weighted by molar-refractivity contribution is -0.392. The van der Waals surface area contributed by atoms with Crippen molar-refractivity contribution in [3.8, 4) is 0 Å². The fourth-order valence-electron chi connectivity index (χ4n) is 1.41. The Labute approximate surface area is 103 Å². The number of thioether (sulfide) groups is 1. The first-order valence-electron chi connectivity index (χ1n) is 5.01. The molecular formula is C11H11N3O2S. The monoisotopic (exact) mass is 249 g/mol. The molecule has 6 heteroatoms. The van der Waals surface area contributed by atoms with Gasteiger partial charge in [0, 0.05) is 5.75 Å². The fraction of sp³-hybridized carbons (Fsp3) is 0.182. The minimum Gasteiger partial charge on any atom is -0.358 e. The van der Waals surface area contributed by atoms with Gasteiger partial charge in [-0.25, -0.2) is 9.55 Å². The van der Waals surface area contributed by atoms with Gasteiger partial charge < -0.3 is 10.1 Å². The Morgan fingerprint density at radius 2 is 2.12 bits per heavy atom. The second kappa shape index (κ2) is 5.01. The summed E-state index contributed by atoms with van der Waals surface area (Å²) in [6.07, 6.45) is 1.29. The summed E-state index contributed by atoms with van der Waals surface area (Å²) >= 11 is 1.49. The second-order valence-electron chi connectivity index (χ2n) is 3.49.